The first-order valence-corrected chi connectivity index (χ1v) is 9.15. The van der Waals surface area contributed by atoms with Gasteiger partial charge in [-0.05, 0) is 67.3 Å². The molecule has 2 aromatic carbocycles. The molecule has 1 saturated carbocycles. The van der Waals surface area contributed by atoms with Crippen LogP contribution in [0.5, 0.6) is 0 Å². The molecule has 4 aromatic rings. The highest BCUT2D eigenvalue weighted by Crippen LogP contribution is 2.45. The van der Waals surface area contributed by atoms with Gasteiger partial charge in [0.15, 0.2) is 0 Å². The fourth-order valence-electron chi connectivity index (χ4n) is 4.17. The first-order chi connectivity index (χ1) is 12.2. The monoisotopic (exact) mass is 326 g/mol. The molecule has 0 aliphatic heterocycles. The first-order valence-electron chi connectivity index (χ1n) is 9.15. The number of para-hydroxylation sites is 2. The van der Waals surface area contributed by atoms with Crippen molar-refractivity contribution in [2.24, 2.45) is 5.92 Å². The standard InChI is InChI=1S/C23H22N2/c1-15-6-5-8-17-12-13-25(22(15)17)23(18-10-11-18)21-16(2)14-19-7-3-4-9-20(19)24-21/h3-9,12-14,18,23H,10-11H2,1-2H3. The van der Waals surface area contributed by atoms with Gasteiger partial charge >= 0.3 is 0 Å². The molecule has 124 valence electrons. The predicted molar refractivity (Wildman–Crippen MR) is 104 cm³/mol. The zero-order valence-electron chi connectivity index (χ0n) is 14.7. The van der Waals surface area contributed by atoms with Gasteiger partial charge < -0.3 is 4.57 Å². The molecule has 0 bridgehead atoms. The van der Waals surface area contributed by atoms with Crippen LogP contribution < -0.4 is 0 Å². The average Bonchev–Trinajstić information content (AvgIpc) is 3.35. The molecule has 1 unspecified atom stereocenters. The maximum Gasteiger partial charge on any atom is 0.0788 e. The molecule has 0 spiro atoms. The van der Waals surface area contributed by atoms with E-state index in [0.717, 1.165) is 5.52 Å². The van der Waals surface area contributed by atoms with Gasteiger partial charge in [0, 0.05) is 11.6 Å². The van der Waals surface area contributed by atoms with Gasteiger partial charge in [0.2, 0.25) is 0 Å². The summed E-state index contributed by atoms with van der Waals surface area (Å²) in [6.45, 7) is 4.42. The fraction of sp³-hybridized carbons (Fsp3) is 0.261. The van der Waals surface area contributed by atoms with Crippen LogP contribution in [0.3, 0.4) is 0 Å². The van der Waals surface area contributed by atoms with E-state index in [2.05, 4.69) is 79.2 Å². The van der Waals surface area contributed by atoms with E-state index in [1.807, 2.05) is 0 Å². The Hall–Kier alpha value is -2.61. The summed E-state index contributed by atoms with van der Waals surface area (Å²) in [4.78, 5) is 5.11. The number of fused-ring (bicyclic) bond motifs is 2. The van der Waals surface area contributed by atoms with Crippen LogP contribution >= 0.6 is 0 Å². The molecule has 2 nitrogen and oxygen atoms in total. The molecule has 2 heteroatoms. The van der Waals surface area contributed by atoms with Crippen molar-refractivity contribution in [3.63, 3.8) is 0 Å². The third-order valence-electron chi connectivity index (χ3n) is 5.54. The number of rotatable bonds is 3. The molecule has 0 amide bonds. The van der Waals surface area contributed by atoms with E-state index in [-0.39, 0.29) is 0 Å². The zero-order chi connectivity index (χ0) is 17.0. The van der Waals surface area contributed by atoms with Crippen molar-refractivity contribution in [3.05, 3.63) is 77.6 Å². The Kier molecular flexibility index (Phi) is 3.21. The number of nitrogens with zero attached hydrogens (tertiary/aromatic N) is 2. The van der Waals surface area contributed by atoms with Gasteiger partial charge in [-0.15, -0.1) is 0 Å². The lowest BCUT2D eigenvalue weighted by Crippen LogP contribution is -2.15. The van der Waals surface area contributed by atoms with E-state index in [1.165, 1.54) is 46.0 Å². The summed E-state index contributed by atoms with van der Waals surface area (Å²) < 4.78 is 2.48. The van der Waals surface area contributed by atoms with E-state index >= 15 is 0 Å². The summed E-state index contributed by atoms with van der Waals surface area (Å²) in [6.07, 6.45) is 4.85. The topological polar surface area (TPSA) is 17.8 Å². The van der Waals surface area contributed by atoms with Crippen LogP contribution in [0, 0.1) is 19.8 Å². The third-order valence-corrected chi connectivity index (χ3v) is 5.54. The van der Waals surface area contributed by atoms with Crippen LogP contribution in [0.25, 0.3) is 21.8 Å². The van der Waals surface area contributed by atoms with Gasteiger partial charge in [-0.2, -0.15) is 0 Å². The normalized spacial score (nSPS) is 15.8. The van der Waals surface area contributed by atoms with Gasteiger partial charge in [-0.1, -0.05) is 36.4 Å². The Bertz CT molecular complexity index is 1090. The van der Waals surface area contributed by atoms with E-state index in [0.29, 0.717) is 12.0 Å². The Morgan fingerprint density at radius 3 is 2.56 bits per heavy atom. The summed E-state index contributed by atoms with van der Waals surface area (Å²) in [7, 11) is 0. The van der Waals surface area contributed by atoms with Crippen molar-refractivity contribution >= 4 is 21.8 Å². The van der Waals surface area contributed by atoms with Crippen LogP contribution in [0.2, 0.25) is 0 Å². The predicted octanol–water partition coefficient (Wildman–Crippen LogP) is 5.81. The summed E-state index contributed by atoms with van der Waals surface area (Å²) in [5.74, 6) is 0.697. The smallest absolute Gasteiger partial charge is 0.0788 e. The van der Waals surface area contributed by atoms with Gasteiger partial charge in [-0.25, -0.2) is 0 Å². The van der Waals surface area contributed by atoms with Crippen LogP contribution in [0.15, 0.2) is 60.8 Å². The minimum Gasteiger partial charge on any atom is -0.338 e. The molecule has 0 N–H and O–H groups in total. The SMILES string of the molecule is Cc1cc2ccccc2nc1C(C1CC1)n1ccc2cccc(C)c21. The highest BCUT2D eigenvalue weighted by molar-refractivity contribution is 5.84. The minimum atomic E-state index is 0.336. The number of benzene rings is 2. The number of aryl methyl sites for hydroxylation is 2. The summed E-state index contributed by atoms with van der Waals surface area (Å²) in [5, 5.41) is 2.55. The lowest BCUT2D eigenvalue weighted by molar-refractivity contribution is 0.520. The van der Waals surface area contributed by atoms with Crippen molar-refractivity contribution < 1.29 is 0 Å². The molecule has 25 heavy (non-hydrogen) atoms. The number of pyridine rings is 1. The second-order valence-corrected chi connectivity index (χ2v) is 7.40. The molecule has 1 aliphatic carbocycles. The van der Waals surface area contributed by atoms with E-state index in [4.69, 9.17) is 4.98 Å². The highest BCUT2D eigenvalue weighted by Gasteiger charge is 2.36. The largest absolute Gasteiger partial charge is 0.338 e. The number of hydrogen-bond acceptors (Lipinski definition) is 1. The number of aromatic nitrogens is 2. The second kappa shape index (κ2) is 5.45. The quantitative estimate of drug-likeness (QED) is 0.465. The van der Waals surface area contributed by atoms with E-state index in [1.54, 1.807) is 0 Å². The highest BCUT2D eigenvalue weighted by atomic mass is 15.0. The summed E-state index contributed by atoms with van der Waals surface area (Å²) in [5.41, 5.74) is 6.33. The van der Waals surface area contributed by atoms with Gasteiger partial charge in [0.05, 0.1) is 22.8 Å². The Labute approximate surface area is 148 Å². The van der Waals surface area contributed by atoms with Gasteiger partial charge in [-0.3, -0.25) is 4.98 Å². The molecule has 1 fully saturated rings. The molecule has 1 aliphatic rings. The fourth-order valence-corrected chi connectivity index (χ4v) is 4.17. The summed E-state index contributed by atoms with van der Waals surface area (Å²) in [6, 6.07) is 19.9. The first kappa shape index (κ1) is 14.7. The Morgan fingerprint density at radius 1 is 0.920 bits per heavy atom. The third kappa shape index (κ3) is 2.36. The average molecular weight is 326 g/mol. The molecule has 1 atom stereocenters. The zero-order valence-corrected chi connectivity index (χ0v) is 14.7. The number of hydrogen-bond donors (Lipinski definition) is 0. The van der Waals surface area contributed by atoms with Gasteiger partial charge in [0.1, 0.15) is 0 Å². The van der Waals surface area contributed by atoms with Crippen molar-refractivity contribution in [1.82, 2.24) is 9.55 Å². The van der Waals surface area contributed by atoms with Crippen molar-refractivity contribution in [2.75, 3.05) is 0 Å². The molecule has 2 heterocycles. The molecule has 0 radical (unpaired) electrons. The van der Waals surface area contributed by atoms with E-state index in [9.17, 15) is 0 Å². The molecule has 0 saturated heterocycles. The van der Waals surface area contributed by atoms with E-state index < -0.39 is 0 Å². The molecule has 5 rings (SSSR count). The van der Waals surface area contributed by atoms with Crippen LogP contribution in [0.1, 0.15) is 35.7 Å². The van der Waals surface area contributed by atoms with Crippen LogP contribution in [0.4, 0.5) is 0 Å². The maximum absolute atomic E-state index is 5.11. The van der Waals surface area contributed by atoms with Gasteiger partial charge in [0.25, 0.3) is 0 Å². The molecular weight excluding hydrogens is 304 g/mol. The summed E-state index contributed by atoms with van der Waals surface area (Å²) >= 11 is 0. The molecular formula is C23H22N2. The van der Waals surface area contributed by atoms with Crippen LogP contribution in [-0.4, -0.2) is 9.55 Å². The Morgan fingerprint density at radius 2 is 1.72 bits per heavy atom. The van der Waals surface area contributed by atoms with Crippen molar-refractivity contribution in [3.8, 4) is 0 Å². The van der Waals surface area contributed by atoms with Crippen LogP contribution in [-0.2, 0) is 0 Å². The van der Waals surface area contributed by atoms with Crippen molar-refractivity contribution in [2.45, 2.75) is 32.7 Å². The lowest BCUT2D eigenvalue weighted by Gasteiger charge is -2.22. The molecule has 2 aromatic heterocycles. The minimum absolute atomic E-state index is 0.336. The maximum atomic E-state index is 5.11. The Balaban J connectivity index is 1.75. The van der Waals surface area contributed by atoms with Crippen molar-refractivity contribution in [1.29, 1.82) is 0 Å². The second-order valence-electron chi connectivity index (χ2n) is 7.40. The lowest BCUT2D eigenvalue weighted by atomic mass is 10.0.